The first-order valence-electron chi connectivity index (χ1n) is 15.0. The molecule has 0 spiro atoms. The first kappa shape index (κ1) is 33.8. The third-order valence-corrected chi connectivity index (χ3v) is 8.87. The van der Waals surface area contributed by atoms with Gasteiger partial charge in [-0.05, 0) is 53.0 Å². The van der Waals surface area contributed by atoms with Crippen LogP contribution in [0.4, 0.5) is 26.3 Å². The molecule has 0 radical (unpaired) electrons. The second-order valence-corrected chi connectivity index (χ2v) is 13.2. The zero-order chi connectivity index (χ0) is 32.4. The minimum Gasteiger partial charge on any atom is -0.343 e. The molecule has 44 heavy (non-hydrogen) atoms. The van der Waals surface area contributed by atoms with Crippen molar-refractivity contribution >= 4 is 11.8 Å². The number of amides is 2. The second-order valence-electron chi connectivity index (χ2n) is 13.2. The summed E-state index contributed by atoms with van der Waals surface area (Å²) in [6, 6.07) is 10.2. The highest BCUT2D eigenvalue weighted by atomic mass is 19.4. The molecule has 2 unspecified atom stereocenters. The summed E-state index contributed by atoms with van der Waals surface area (Å²) < 4.78 is 79.0. The first-order chi connectivity index (χ1) is 20.4. The van der Waals surface area contributed by atoms with Crippen LogP contribution < -0.4 is 0 Å². The molecular formula is C33H41F6N3O2. The van der Waals surface area contributed by atoms with Gasteiger partial charge in [-0.2, -0.15) is 26.3 Å². The molecule has 2 fully saturated rings. The molecule has 2 aliphatic rings. The van der Waals surface area contributed by atoms with Crippen molar-refractivity contribution in [3.05, 3.63) is 70.8 Å². The average Bonchev–Trinajstić information content (AvgIpc) is 2.93. The Morgan fingerprint density at radius 3 is 1.84 bits per heavy atom. The molecule has 11 heteroatoms. The highest BCUT2D eigenvalue weighted by Gasteiger charge is 2.41. The van der Waals surface area contributed by atoms with E-state index in [1.165, 1.54) is 24.3 Å². The van der Waals surface area contributed by atoms with Crippen molar-refractivity contribution in [1.82, 2.24) is 14.7 Å². The number of piperidine rings is 1. The van der Waals surface area contributed by atoms with Gasteiger partial charge in [0, 0.05) is 52.1 Å². The summed E-state index contributed by atoms with van der Waals surface area (Å²) in [5.74, 6) is 0.275. The van der Waals surface area contributed by atoms with Crippen LogP contribution in [0.25, 0.3) is 0 Å². The Kier molecular flexibility index (Phi) is 10.1. The van der Waals surface area contributed by atoms with Crippen molar-refractivity contribution in [3.63, 3.8) is 0 Å². The Bertz CT molecular complexity index is 1280. The Balaban J connectivity index is 1.59. The molecule has 2 aromatic rings. The standard InChI is InChI=1S/C33H41F6N3O2/c1-22(43)40-15-13-23(14-16-40)19-29(44)42-18-17-41(21-28(42)31(2,3)4)30(26-9-11-27(12-10-26)33(37,38)39)25-7-5-24(6-8-25)20-32(34,35)36/h5-12,23,28,30H,13-21H2,1-4H3. The SMILES string of the molecule is CC(=O)N1CCC(CC(=O)N2CCN(C(c3ccc(CC(F)(F)F)cc3)c3ccc(C(F)(F)F)cc3)CC2C(C)(C)C)CC1. The molecule has 5 nitrogen and oxygen atoms in total. The highest BCUT2D eigenvalue weighted by molar-refractivity contribution is 5.77. The first-order valence-corrected chi connectivity index (χ1v) is 15.0. The minimum atomic E-state index is -4.50. The van der Waals surface area contributed by atoms with E-state index in [-0.39, 0.29) is 34.8 Å². The summed E-state index contributed by atoms with van der Waals surface area (Å²) in [4.78, 5) is 31.2. The molecule has 0 bridgehead atoms. The number of rotatable bonds is 6. The summed E-state index contributed by atoms with van der Waals surface area (Å²) in [5, 5.41) is 0. The second kappa shape index (κ2) is 13.1. The van der Waals surface area contributed by atoms with Gasteiger partial charge in [-0.1, -0.05) is 57.2 Å². The molecule has 0 N–H and O–H groups in total. The molecular weight excluding hydrogens is 584 g/mol. The monoisotopic (exact) mass is 625 g/mol. The molecule has 242 valence electrons. The van der Waals surface area contributed by atoms with Crippen LogP contribution in [-0.4, -0.2) is 71.5 Å². The number of carbonyl (C=O) groups is 2. The number of piperazine rings is 1. The van der Waals surface area contributed by atoms with Crippen LogP contribution in [0.5, 0.6) is 0 Å². The van der Waals surface area contributed by atoms with Crippen LogP contribution in [0.1, 0.15) is 75.3 Å². The number of halogens is 6. The normalized spacial score (nSPS) is 20.1. The quantitative estimate of drug-likeness (QED) is 0.322. The molecule has 0 aliphatic carbocycles. The maximum absolute atomic E-state index is 13.7. The maximum Gasteiger partial charge on any atom is 0.416 e. The van der Waals surface area contributed by atoms with Gasteiger partial charge in [-0.25, -0.2) is 0 Å². The molecule has 0 saturated carbocycles. The Hall–Kier alpha value is -3.08. The Labute approximate surface area is 255 Å². The van der Waals surface area contributed by atoms with Crippen LogP contribution in [0, 0.1) is 11.3 Å². The molecule has 2 heterocycles. The number of nitrogens with zero attached hydrogens (tertiary/aromatic N) is 3. The van der Waals surface area contributed by atoms with Gasteiger partial charge in [0.2, 0.25) is 11.8 Å². The number of alkyl halides is 6. The summed E-state index contributed by atoms with van der Waals surface area (Å²) in [6.07, 6.45) is -8.00. The van der Waals surface area contributed by atoms with E-state index < -0.39 is 30.4 Å². The van der Waals surface area contributed by atoms with E-state index in [9.17, 15) is 35.9 Å². The molecule has 2 saturated heterocycles. The van der Waals surface area contributed by atoms with E-state index in [0.29, 0.717) is 50.3 Å². The number of carbonyl (C=O) groups excluding carboxylic acids is 2. The van der Waals surface area contributed by atoms with Gasteiger partial charge in [0.15, 0.2) is 0 Å². The van der Waals surface area contributed by atoms with Crippen LogP contribution in [-0.2, 0) is 22.2 Å². The highest BCUT2D eigenvalue weighted by Crippen LogP contribution is 2.38. The van der Waals surface area contributed by atoms with Crippen molar-refractivity contribution < 1.29 is 35.9 Å². The third-order valence-electron chi connectivity index (χ3n) is 8.87. The van der Waals surface area contributed by atoms with E-state index in [1.807, 2.05) is 25.7 Å². The topological polar surface area (TPSA) is 43.9 Å². The van der Waals surface area contributed by atoms with Crippen LogP contribution in [0.2, 0.25) is 0 Å². The molecule has 2 aromatic carbocycles. The predicted molar refractivity (Wildman–Crippen MR) is 156 cm³/mol. The van der Waals surface area contributed by atoms with Gasteiger partial charge >= 0.3 is 12.4 Å². The summed E-state index contributed by atoms with van der Waals surface area (Å²) >= 11 is 0. The minimum absolute atomic E-state index is 0.0382. The van der Waals surface area contributed by atoms with E-state index in [2.05, 4.69) is 4.90 Å². The van der Waals surface area contributed by atoms with E-state index >= 15 is 0 Å². The van der Waals surface area contributed by atoms with Crippen molar-refractivity contribution in [3.8, 4) is 0 Å². The fourth-order valence-electron chi connectivity index (χ4n) is 6.41. The van der Waals surface area contributed by atoms with E-state index in [0.717, 1.165) is 25.0 Å². The van der Waals surface area contributed by atoms with Gasteiger partial charge in [-0.3, -0.25) is 14.5 Å². The van der Waals surface area contributed by atoms with Gasteiger partial charge in [0.25, 0.3) is 0 Å². The molecule has 2 aliphatic heterocycles. The van der Waals surface area contributed by atoms with E-state index in [4.69, 9.17) is 0 Å². The summed E-state index contributed by atoms with van der Waals surface area (Å²) in [7, 11) is 0. The number of likely N-dealkylation sites (tertiary alicyclic amines) is 1. The smallest absolute Gasteiger partial charge is 0.343 e. The van der Waals surface area contributed by atoms with Gasteiger partial charge in [-0.15, -0.1) is 0 Å². The van der Waals surface area contributed by atoms with Crippen LogP contribution in [0.15, 0.2) is 48.5 Å². The summed E-state index contributed by atoms with van der Waals surface area (Å²) in [5.41, 5.74) is 0.252. The average molecular weight is 626 g/mol. The summed E-state index contributed by atoms with van der Waals surface area (Å²) in [6.45, 7) is 10.3. The van der Waals surface area contributed by atoms with Crippen molar-refractivity contribution in [1.29, 1.82) is 0 Å². The predicted octanol–water partition coefficient (Wildman–Crippen LogP) is 7.11. The number of hydrogen-bond acceptors (Lipinski definition) is 3. The van der Waals surface area contributed by atoms with Crippen molar-refractivity contribution in [2.75, 3.05) is 32.7 Å². The van der Waals surface area contributed by atoms with Crippen molar-refractivity contribution in [2.45, 2.75) is 77.8 Å². The fourth-order valence-corrected chi connectivity index (χ4v) is 6.41. The molecule has 2 amide bonds. The lowest BCUT2D eigenvalue weighted by Gasteiger charge is -2.50. The van der Waals surface area contributed by atoms with Crippen LogP contribution in [0.3, 0.4) is 0 Å². The molecule has 2 atom stereocenters. The van der Waals surface area contributed by atoms with Gasteiger partial charge in [0.1, 0.15) is 0 Å². The Morgan fingerprint density at radius 2 is 1.36 bits per heavy atom. The zero-order valence-electron chi connectivity index (χ0n) is 25.6. The van der Waals surface area contributed by atoms with Gasteiger partial charge in [0.05, 0.1) is 18.0 Å². The molecule has 0 aromatic heterocycles. The third kappa shape index (κ3) is 8.55. The lowest BCUT2D eigenvalue weighted by Crippen LogP contribution is -2.60. The van der Waals surface area contributed by atoms with Crippen LogP contribution >= 0.6 is 0 Å². The van der Waals surface area contributed by atoms with E-state index in [1.54, 1.807) is 24.0 Å². The largest absolute Gasteiger partial charge is 0.416 e. The lowest BCUT2D eigenvalue weighted by atomic mass is 9.82. The molecule has 4 rings (SSSR count). The Morgan fingerprint density at radius 1 is 0.818 bits per heavy atom. The number of hydrogen-bond donors (Lipinski definition) is 0. The zero-order valence-corrected chi connectivity index (χ0v) is 25.6. The van der Waals surface area contributed by atoms with Crippen molar-refractivity contribution in [2.24, 2.45) is 11.3 Å². The lowest BCUT2D eigenvalue weighted by molar-refractivity contribution is -0.141. The van der Waals surface area contributed by atoms with Gasteiger partial charge < -0.3 is 9.80 Å². The number of benzene rings is 2. The maximum atomic E-state index is 13.7. The fraction of sp³-hybridized carbons (Fsp3) is 0.576.